The zero-order chi connectivity index (χ0) is 16.2. The average Bonchev–Trinajstić information content (AvgIpc) is 3.01. The highest BCUT2D eigenvalue weighted by atomic mass is 16.4. The Balaban J connectivity index is 1.68. The van der Waals surface area contributed by atoms with Crippen LogP contribution in [0.4, 0.5) is 5.69 Å². The van der Waals surface area contributed by atoms with Crippen LogP contribution in [0.1, 0.15) is 22.3 Å². The van der Waals surface area contributed by atoms with Gasteiger partial charge in [0.1, 0.15) is 0 Å². The zero-order valence-electron chi connectivity index (χ0n) is 12.4. The number of fused-ring (bicyclic) bond motifs is 1. The van der Waals surface area contributed by atoms with Crippen molar-refractivity contribution >= 4 is 28.5 Å². The van der Waals surface area contributed by atoms with Gasteiger partial charge in [0.25, 0.3) is 5.91 Å². The molecule has 5 nitrogen and oxygen atoms in total. The summed E-state index contributed by atoms with van der Waals surface area (Å²) in [6.45, 7) is 0. The van der Waals surface area contributed by atoms with Gasteiger partial charge in [-0.1, -0.05) is 18.2 Å². The van der Waals surface area contributed by atoms with Crippen molar-refractivity contribution in [2.24, 2.45) is 0 Å². The maximum atomic E-state index is 12.3. The summed E-state index contributed by atoms with van der Waals surface area (Å²) in [7, 11) is 0. The van der Waals surface area contributed by atoms with Crippen LogP contribution in [0.5, 0.6) is 0 Å². The predicted octanol–water partition coefficient (Wildman–Crippen LogP) is 3.44. The van der Waals surface area contributed by atoms with Crippen LogP contribution in [0.25, 0.3) is 10.9 Å². The Morgan fingerprint density at radius 3 is 2.57 bits per heavy atom. The van der Waals surface area contributed by atoms with Gasteiger partial charge >= 0.3 is 5.97 Å². The number of aliphatic carboxylic acids is 1. The first-order valence-electron chi connectivity index (χ1n) is 7.31. The number of carbonyl (C=O) groups excluding carboxylic acids is 1. The van der Waals surface area contributed by atoms with Gasteiger partial charge in [0.05, 0.1) is 0 Å². The quantitative estimate of drug-likeness (QED) is 0.675. The molecule has 23 heavy (non-hydrogen) atoms. The molecule has 0 saturated carbocycles. The van der Waals surface area contributed by atoms with Crippen molar-refractivity contribution in [2.75, 3.05) is 5.32 Å². The molecule has 3 aromatic rings. The van der Waals surface area contributed by atoms with Crippen LogP contribution in [0.3, 0.4) is 0 Å². The van der Waals surface area contributed by atoms with Gasteiger partial charge in [-0.05, 0) is 47.7 Å². The number of rotatable bonds is 5. The molecule has 0 unspecified atom stereocenters. The molecule has 1 heterocycles. The SMILES string of the molecule is O=C(O)CCc1ccc(NC(=O)c2ccc3cc[nH]c3c2)cc1. The first kappa shape index (κ1) is 14.8. The minimum Gasteiger partial charge on any atom is -0.481 e. The third-order valence-corrected chi connectivity index (χ3v) is 3.66. The number of H-pyrrole nitrogens is 1. The molecule has 0 aliphatic heterocycles. The normalized spacial score (nSPS) is 10.6. The van der Waals surface area contributed by atoms with E-state index in [0.717, 1.165) is 16.5 Å². The molecule has 0 atom stereocenters. The third kappa shape index (κ3) is 3.58. The van der Waals surface area contributed by atoms with Crippen molar-refractivity contribution in [1.29, 1.82) is 0 Å². The number of hydrogen-bond donors (Lipinski definition) is 3. The van der Waals surface area contributed by atoms with Crippen molar-refractivity contribution in [3.05, 3.63) is 65.9 Å². The number of carboxylic acid groups (broad SMARTS) is 1. The molecule has 0 spiro atoms. The molecule has 0 aliphatic carbocycles. The lowest BCUT2D eigenvalue weighted by molar-refractivity contribution is -0.136. The second-order valence-electron chi connectivity index (χ2n) is 5.32. The summed E-state index contributed by atoms with van der Waals surface area (Å²) in [4.78, 5) is 25.9. The van der Waals surface area contributed by atoms with E-state index >= 15 is 0 Å². The molecule has 0 saturated heterocycles. The van der Waals surface area contributed by atoms with Crippen LogP contribution < -0.4 is 5.32 Å². The van der Waals surface area contributed by atoms with Gasteiger partial charge in [-0.15, -0.1) is 0 Å². The monoisotopic (exact) mass is 308 g/mol. The van der Waals surface area contributed by atoms with Crippen LogP contribution in [-0.2, 0) is 11.2 Å². The molecule has 116 valence electrons. The van der Waals surface area contributed by atoms with E-state index in [9.17, 15) is 9.59 Å². The molecule has 0 bridgehead atoms. The molecule has 5 heteroatoms. The fraction of sp³-hybridized carbons (Fsp3) is 0.111. The Kier molecular flexibility index (Phi) is 4.10. The van der Waals surface area contributed by atoms with E-state index in [1.165, 1.54) is 0 Å². The molecule has 0 fully saturated rings. The molecule has 0 radical (unpaired) electrons. The van der Waals surface area contributed by atoms with Gasteiger partial charge in [0.15, 0.2) is 0 Å². The number of aryl methyl sites for hydroxylation is 1. The van der Waals surface area contributed by atoms with Crippen molar-refractivity contribution in [1.82, 2.24) is 4.98 Å². The summed E-state index contributed by atoms with van der Waals surface area (Å²) in [6.07, 6.45) is 2.41. The Morgan fingerprint density at radius 1 is 1.04 bits per heavy atom. The Bertz CT molecular complexity index is 850. The van der Waals surface area contributed by atoms with Crippen LogP contribution in [0.2, 0.25) is 0 Å². The molecule has 3 rings (SSSR count). The van der Waals surface area contributed by atoms with Gasteiger partial charge < -0.3 is 15.4 Å². The maximum Gasteiger partial charge on any atom is 0.303 e. The smallest absolute Gasteiger partial charge is 0.303 e. The van der Waals surface area contributed by atoms with Crippen LogP contribution in [0, 0.1) is 0 Å². The predicted molar refractivity (Wildman–Crippen MR) is 88.7 cm³/mol. The number of nitrogens with one attached hydrogen (secondary N) is 2. The standard InChI is InChI=1S/C18H16N2O3/c21-17(22)8-3-12-1-6-15(7-2-12)20-18(23)14-5-4-13-9-10-19-16(13)11-14/h1-2,4-7,9-11,19H,3,8H2,(H,20,23)(H,21,22). The summed E-state index contributed by atoms with van der Waals surface area (Å²) < 4.78 is 0. The summed E-state index contributed by atoms with van der Waals surface area (Å²) in [5, 5.41) is 12.6. The Morgan fingerprint density at radius 2 is 1.83 bits per heavy atom. The number of carbonyl (C=O) groups is 2. The maximum absolute atomic E-state index is 12.3. The van der Waals surface area contributed by atoms with Crippen LogP contribution in [-0.4, -0.2) is 22.0 Å². The number of anilines is 1. The van der Waals surface area contributed by atoms with Crippen LogP contribution >= 0.6 is 0 Å². The Labute approximate surface area is 133 Å². The summed E-state index contributed by atoms with van der Waals surface area (Å²) in [5.41, 5.74) is 3.11. The minimum atomic E-state index is -0.818. The van der Waals surface area contributed by atoms with Gasteiger partial charge in [-0.2, -0.15) is 0 Å². The first-order valence-corrected chi connectivity index (χ1v) is 7.31. The lowest BCUT2D eigenvalue weighted by atomic mass is 10.1. The number of benzene rings is 2. The second-order valence-corrected chi connectivity index (χ2v) is 5.32. The summed E-state index contributed by atoms with van der Waals surface area (Å²) in [5.74, 6) is -0.998. The van der Waals surface area contributed by atoms with E-state index in [-0.39, 0.29) is 12.3 Å². The fourth-order valence-corrected chi connectivity index (χ4v) is 2.40. The van der Waals surface area contributed by atoms with E-state index < -0.39 is 5.97 Å². The number of aromatic amines is 1. The number of aromatic nitrogens is 1. The van der Waals surface area contributed by atoms with Crippen molar-refractivity contribution in [3.63, 3.8) is 0 Å². The molecule has 3 N–H and O–H groups in total. The van der Waals surface area contributed by atoms with Gasteiger partial charge in [0.2, 0.25) is 0 Å². The highest BCUT2D eigenvalue weighted by Gasteiger charge is 2.07. The number of hydrogen-bond acceptors (Lipinski definition) is 2. The highest BCUT2D eigenvalue weighted by molar-refractivity contribution is 6.06. The van der Waals surface area contributed by atoms with E-state index in [1.54, 1.807) is 18.2 Å². The molecule has 2 aromatic carbocycles. The van der Waals surface area contributed by atoms with E-state index in [4.69, 9.17) is 5.11 Å². The first-order chi connectivity index (χ1) is 11.1. The molecule has 0 aliphatic rings. The van der Waals surface area contributed by atoms with Crippen molar-refractivity contribution in [2.45, 2.75) is 12.8 Å². The summed E-state index contributed by atoms with van der Waals surface area (Å²) >= 11 is 0. The van der Waals surface area contributed by atoms with Crippen molar-refractivity contribution in [3.8, 4) is 0 Å². The molecular weight excluding hydrogens is 292 g/mol. The van der Waals surface area contributed by atoms with Crippen molar-refractivity contribution < 1.29 is 14.7 Å². The number of carboxylic acids is 1. The Hall–Kier alpha value is -3.08. The van der Waals surface area contributed by atoms with Gasteiger partial charge in [-0.25, -0.2) is 0 Å². The largest absolute Gasteiger partial charge is 0.481 e. The zero-order valence-corrected chi connectivity index (χ0v) is 12.4. The topological polar surface area (TPSA) is 82.2 Å². The molecular formula is C18H16N2O3. The van der Waals surface area contributed by atoms with Gasteiger partial charge in [-0.3, -0.25) is 9.59 Å². The lowest BCUT2D eigenvalue weighted by Gasteiger charge is -2.06. The average molecular weight is 308 g/mol. The summed E-state index contributed by atoms with van der Waals surface area (Å²) in [6, 6.07) is 14.7. The highest BCUT2D eigenvalue weighted by Crippen LogP contribution is 2.16. The van der Waals surface area contributed by atoms with E-state index in [2.05, 4.69) is 10.3 Å². The third-order valence-electron chi connectivity index (χ3n) is 3.66. The number of amides is 1. The van der Waals surface area contributed by atoms with E-state index in [1.807, 2.05) is 36.5 Å². The lowest BCUT2D eigenvalue weighted by Crippen LogP contribution is -2.11. The molecule has 1 aromatic heterocycles. The minimum absolute atomic E-state index is 0.0991. The molecule has 1 amide bonds. The fourth-order valence-electron chi connectivity index (χ4n) is 2.40. The van der Waals surface area contributed by atoms with E-state index in [0.29, 0.717) is 17.7 Å². The second kappa shape index (κ2) is 6.36. The van der Waals surface area contributed by atoms with Crippen LogP contribution in [0.15, 0.2) is 54.7 Å². The van der Waals surface area contributed by atoms with Gasteiger partial charge in [0, 0.05) is 29.4 Å².